The molecule has 2 aromatic carbocycles. The van der Waals surface area contributed by atoms with Gasteiger partial charge in [0.05, 0.1) is 13.2 Å². The Morgan fingerprint density at radius 2 is 1.87 bits per heavy atom. The van der Waals surface area contributed by atoms with Crippen LogP contribution in [0.2, 0.25) is 10.0 Å². The van der Waals surface area contributed by atoms with E-state index in [1.807, 2.05) is 31.2 Å². The second kappa shape index (κ2) is 8.04. The van der Waals surface area contributed by atoms with Gasteiger partial charge >= 0.3 is 0 Å². The lowest BCUT2D eigenvalue weighted by Crippen LogP contribution is -2.24. The quantitative estimate of drug-likeness (QED) is 0.780. The molecule has 0 radical (unpaired) electrons. The molecule has 120 valence electrons. The molecular weight excluding hydrogens is 333 g/mol. The summed E-state index contributed by atoms with van der Waals surface area (Å²) in [4.78, 5) is 12.0. The number of rotatable bonds is 5. The van der Waals surface area contributed by atoms with Crippen LogP contribution in [-0.2, 0) is 4.79 Å². The lowest BCUT2D eigenvalue weighted by Gasteiger charge is -2.13. The van der Waals surface area contributed by atoms with Crippen LogP contribution in [0.3, 0.4) is 0 Å². The minimum atomic E-state index is -0.195. The molecule has 0 unspecified atom stereocenters. The van der Waals surface area contributed by atoms with Gasteiger partial charge in [0.15, 0.2) is 0 Å². The molecule has 1 amide bonds. The van der Waals surface area contributed by atoms with E-state index in [-0.39, 0.29) is 11.9 Å². The zero-order valence-corrected chi connectivity index (χ0v) is 14.4. The van der Waals surface area contributed by atoms with Gasteiger partial charge in [0.25, 0.3) is 0 Å². The van der Waals surface area contributed by atoms with Crippen LogP contribution in [0.5, 0.6) is 5.75 Å². The number of benzene rings is 2. The topological polar surface area (TPSA) is 38.3 Å². The van der Waals surface area contributed by atoms with Crippen molar-refractivity contribution >= 4 is 35.2 Å². The molecule has 0 saturated carbocycles. The van der Waals surface area contributed by atoms with Gasteiger partial charge in [0, 0.05) is 16.1 Å². The summed E-state index contributed by atoms with van der Waals surface area (Å²) < 4.78 is 5.12. The first-order valence-electron chi connectivity index (χ1n) is 7.07. The molecule has 0 aliphatic carbocycles. The lowest BCUT2D eigenvalue weighted by molar-refractivity contribution is -0.117. The number of carbonyl (C=O) groups excluding carboxylic acids is 1. The van der Waals surface area contributed by atoms with Crippen LogP contribution in [0.1, 0.15) is 24.1 Å². The van der Waals surface area contributed by atoms with Crippen LogP contribution >= 0.6 is 23.2 Å². The van der Waals surface area contributed by atoms with Gasteiger partial charge in [-0.2, -0.15) is 0 Å². The van der Waals surface area contributed by atoms with Gasteiger partial charge in [-0.05, 0) is 48.4 Å². The highest BCUT2D eigenvalue weighted by Crippen LogP contribution is 2.22. The zero-order valence-electron chi connectivity index (χ0n) is 12.8. The van der Waals surface area contributed by atoms with E-state index in [0.717, 1.165) is 16.9 Å². The number of nitrogens with one attached hydrogen (secondary N) is 1. The average Bonchev–Trinajstić information content (AvgIpc) is 2.54. The standard InChI is InChI=1S/C18H17Cl2NO2/c1-12(13-4-8-16(23-2)9-5-13)21-18(22)10-6-14-3-7-15(19)11-17(14)20/h3-12H,1-2H3,(H,21,22)/b10-6+/t12-/m1/s1. The van der Waals surface area contributed by atoms with Crippen LogP contribution in [0.15, 0.2) is 48.5 Å². The number of ether oxygens (including phenoxy) is 1. The van der Waals surface area contributed by atoms with Gasteiger partial charge in [-0.25, -0.2) is 0 Å². The van der Waals surface area contributed by atoms with E-state index in [1.54, 1.807) is 31.4 Å². The average molecular weight is 350 g/mol. The normalized spacial score (nSPS) is 12.2. The van der Waals surface area contributed by atoms with Crippen LogP contribution in [-0.4, -0.2) is 13.0 Å². The molecule has 0 fully saturated rings. The van der Waals surface area contributed by atoms with Crippen molar-refractivity contribution in [1.82, 2.24) is 5.32 Å². The Kier molecular flexibility index (Phi) is 6.08. The predicted molar refractivity (Wildman–Crippen MR) is 95.0 cm³/mol. The van der Waals surface area contributed by atoms with E-state index in [9.17, 15) is 4.79 Å². The third kappa shape index (κ3) is 5.02. The van der Waals surface area contributed by atoms with Crippen molar-refractivity contribution < 1.29 is 9.53 Å². The Balaban J connectivity index is 1.99. The number of halogens is 2. The molecule has 1 atom stereocenters. The maximum atomic E-state index is 12.0. The van der Waals surface area contributed by atoms with E-state index in [2.05, 4.69) is 5.32 Å². The van der Waals surface area contributed by atoms with Crippen molar-refractivity contribution in [1.29, 1.82) is 0 Å². The second-order valence-electron chi connectivity index (χ2n) is 5.00. The monoisotopic (exact) mass is 349 g/mol. The fourth-order valence-corrected chi connectivity index (χ4v) is 2.51. The molecule has 0 aliphatic rings. The summed E-state index contributed by atoms with van der Waals surface area (Å²) in [5, 5.41) is 3.96. The summed E-state index contributed by atoms with van der Waals surface area (Å²) in [7, 11) is 1.62. The lowest BCUT2D eigenvalue weighted by atomic mass is 10.1. The highest BCUT2D eigenvalue weighted by molar-refractivity contribution is 6.35. The second-order valence-corrected chi connectivity index (χ2v) is 5.85. The zero-order chi connectivity index (χ0) is 16.8. The maximum Gasteiger partial charge on any atom is 0.244 e. The van der Waals surface area contributed by atoms with E-state index in [0.29, 0.717) is 10.0 Å². The number of hydrogen-bond acceptors (Lipinski definition) is 2. The Labute approximate surface area is 145 Å². The van der Waals surface area contributed by atoms with Crippen LogP contribution in [0.25, 0.3) is 6.08 Å². The summed E-state index contributed by atoms with van der Waals surface area (Å²) in [6, 6.07) is 12.6. The minimum absolute atomic E-state index is 0.112. The first-order valence-corrected chi connectivity index (χ1v) is 7.83. The highest BCUT2D eigenvalue weighted by atomic mass is 35.5. The summed E-state index contributed by atoms with van der Waals surface area (Å²) in [6.07, 6.45) is 3.11. The molecule has 1 N–H and O–H groups in total. The number of hydrogen-bond donors (Lipinski definition) is 1. The molecule has 0 aromatic heterocycles. The highest BCUT2D eigenvalue weighted by Gasteiger charge is 2.08. The first-order chi connectivity index (χ1) is 11.0. The molecule has 0 aliphatic heterocycles. The van der Waals surface area contributed by atoms with Crippen LogP contribution in [0.4, 0.5) is 0 Å². The van der Waals surface area contributed by atoms with Gasteiger partial charge in [-0.1, -0.05) is 41.4 Å². The van der Waals surface area contributed by atoms with Crippen molar-refractivity contribution in [2.75, 3.05) is 7.11 Å². The molecule has 0 spiro atoms. The molecular formula is C18H17Cl2NO2. The number of carbonyl (C=O) groups is 1. The predicted octanol–water partition coefficient (Wildman–Crippen LogP) is 4.89. The fourth-order valence-electron chi connectivity index (χ4n) is 2.04. The SMILES string of the molecule is COc1ccc([C@@H](C)NC(=O)/C=C/c2ccc(Cl)cc2Cl)cc1. The van der Waals surface area contributed by atoms with Gasteiger partial charge in [-0.15, -0.1) is 0 Å². The maximum absolute atomic E-state index is 12.0. The van der Waals surface area contributed by atoms with Crippen LogP contribution in [0, 0.1) is 0 Å². The molecule has 2 aromatic rings. The fraction of sp³-hybridized carbons (Fsp3) is 0.167. The largest absolute Gasteiger partial charge is 0.497 e. The molecule has 23 heavy (non-hydrogen) atoms. The van der Waals surface area contributed by atoms with E-state index in [1.165, 1.54) is 6.08 Å². The molecule has 2 rings (SSSR count). The summed E-state index contributed by atoms with van der Waals surface area (Å²) in [5.74, 6) is 0.587. The minimum Gasteiger partial charge on any atom is -0.497 e. The first kappa shape index (κ1) is 17.4. The van der Waals surface area contributed by atoms with Gasteiger partial charge < -0.3 is 10.1 Å². The molecule has 5 heteroatoms. The third-order valence-electron chi connectivity index (χ3n) is 3.35. The van der Waals surface area contributed by atoms with Crippen molar-refractivity contribution in [3.63, 3.8) is 0 Å². The van der Waals surface area contributed by atoms with Crippen molar-refractivity contribution in [2.45, 2.75) is 13.0 Å². The van der Waals surface area contributed by atoms with E-state index < -0.39 is 0 Å². The van der Waals surface area contributed by atoms with Crippen molar-refractivity contribution in [2.24, 2.45) is 0 Å². The summed E-state index contributed by atoms with van der Waals surface area (Å²) in [5.41, 5.74) is 1.74. The molecule has 3 nitrogen and oxygen atoms in total. The smallest absolute Gasteiger partial charge is 0.244 e. The summed E-state index contributed by atoms with van der Waals surface area (Å²) in [6.45, 7) is 1.92. The molecule has 0 heterocycles. The molecule has 0 saturated heterocycles. The number of methoxy groups -OCH3 is 1. The Morgan fingerprint density at radius 1 is 1.17 bits per heavy atom. The van der Waals surface area contributed by atoms with Crippen LogP contribution < -0.4 is 10.1 Å². The molecule has 0 bridgehead atoms. The third-order valence-corrected chi connectivity index (χ3v) is 3.91. The Morgan fingerprint density at radius 3 is 2.48 bits per heavy atom. The summed E-state index contributed by atoms with van der Waals surface area (Å²) >= 11 is 11.9. The van der Waals surface area contributed by atoms with Crippen molar-refractivity contribution in [3.05, 3.63) is 69.7 Å². The van der Waals surface area contributed by atoms with Gasteiger partial charge in [-0.3, -0.25) is 4.79 Å². The van der Waals surface area contributed by atoms with Gasteiger partial charge in [0.2, 0.25) is 5.91 Å². The van der Waals surface area contributed by atoms with Crippen molar-refractivity contribution in [3.8, 4) is 5.75 Å². The number of amides is 1. The Bertz CT molecular complexity index is 711. The van der Waals surface area contributed by atoms with E-state index in [4.69, 9.17) is 27.9 Å². The Hall–Kier alpha value is -1.97. The van der Waals surface area contributed by atoms with Gasteiger partial charge in [0.1, 0.15) is 5.75 Å². The van der Waals surface area contributed by atoms with E-state index >= 15 is 0 Å².